The largest absolute Gasteiger partial charge is 0.380 e. The maximum atomic E-state index is 12.7. The molecular formula is C7H5F9O. The van der Waals surface area contributed by atoms with Crippen LogP contribution < -0.4 is 0 Å². The predicted molar refractivity (Wildman–Crippen MR) is 35.5 cm³/mol. The standard InChI is InChI=1S/C7H5F9O/c8-3(2-1-17-2)5(11,12)7(15,16)6(13,14)4(9)10/h2-4H,1H2. The van der Waals surface area contributed by atoms with Crippen LogP contribution >= 0.6 is 0 Å². The van der Waals surface area contributed by atoms with E-state index >= 15 is 0 Å². The van der Waals surface area contributed by atoms with Crippen LogP contribution in [-0.2, 0) is 4.74 Å². The van der Waals surface area contributed by atoms with Crippen molar-refractivity contribution in [2.24, 2.45) is 0 Å². The van der Waals surface area contributed by atoms with Crippen molar-refractivity contribution in [1.29, 1.82) is 0 Å². The second-order valence-electron chi connectivity index (χ2n) is 3.39. The van der Waals surface area contributed by atoms with E-state index in [1.165, 1.54) is 0 Å². The van der Waals surface area contributed by atoms with Crippen LogP contribution in [0.15, 0.2) is 0 Å². The molecule has 0 aliphatic carbocycles. The van der Waals surface area contributed by atoms with Gasteiger partial charge in [-0.05, 0) is 0 Å². The van der Waals surface area contributed by atoms with Gasteiger partial charge in [0.05, 0.1) is 6.61 Å². The average Bonchev–Trinajstić information content (AvgIpc) is 2.98. The molecule has 102 valence electrons. The van der Waals surface area contributed by atoms with Crippen molar-refractivity contribution < 1.29 is 44.3 Å². The summed E-state index contributed by atoms with van der Waals surface area (Å²) in [4.78, 5) is 0. The molecule has 0 N–H and O–H groups in total. The summed E-state index contributed by atoms with van der Waals surface area (Å²) in [6.07, 6.45) is -10.8. The van der Waals surface area contributed by atoms with E-state index in [4.69, 9.17) is 0 Å². The normalized spacial score (nSPS) is 24.0. The van der Waals surface area contributed by atoms with Crippen molar-refractivity contribution in [3.63, 3.8) is 0 Å². The first-order chi connectivity index (χ1) is 7.46. The lowest BCUT2D eigenvalue weighted by Crippen LogP contribution is -2.62. The highest BCUT2D eigenvalue weighted by atomic mass is 19.4. The van der Waals surface area contributed by atoms with Gasteiger partial charge in [0.25, 0.3) is 0 Å². The monoisotopic (exact) mass is 276 g/mol. The third-order valence-electron chi connectivity index (χ3n) is 2.14. The Balaban J connectivity index is 3.01. The van der Waals surface area contributed by atoms with Gasteiger partial charge in [-0.1, -0.05) is 0 Å². The Bertz CT molecular complexity index is 285. The number of rotatable bonds is 5. The SMILES string of the molecule is FC(F)C(F)(F)C(F)(F)C(F)(F)C(F)C1CO1. The molecule has 2 unspecified atom stereocenters. The third kappa shape index (κ3) is 2.06. The van der Waals surface area contributed by atoms with Gasteiger partial charge in [-0.3, -0.25) is 0 Å². The molecule has 0 aromatic carbocycles. The van der Waals surface area contributed by atoms with Crippen LogP contribution in [0.25, 0.3) is 0 Å². The van der Waals surface area contributed by atoms with E-state index < -0.39 is 43.1 Å². The molecular weight excluding hydrogens is 271 g/mol. The summed E-state index contributed by atoms with van der Waals surface area (Å²) in [7, 11) is 0. The number of halogens is 9. The molecule has 0 aromatic rings. The minimum atomic E-state index is -6.51. The molecule has 0 spiro atoms. The fraction of sp³-hybridized carbons (Fsp3) is 1.00. The molecule has 1 aliphatic heterocycles. The van der Waals surface area contributed by atoms with Crippen molar-refractivity contribution in [1.82, 2.24) is 0 Å². The summed E-state index contributed by atoms with van der Waals surface area (Å²) >= 11 is 0. The van der Waals surface area contributed by atoms with Crippen molar-refractivity contribution in [3.8, 4) is 0 Å². The second-order valence-corrected chi connectivity index (χ2v) is 3.39. The van der Waals surface area contributed by atoms with E-state index in [-0.39, 0.29) is 0 Å². The molecule has 0 saturated carbocycles. The minimum absolute atomic E-state index is 0.660. The average molecular weight is 276 g/mol. The smallest absolute Gasteiger partial charge is 0.370 e. The highest BCUT2D eigenvalue weighted by Crippen LogP contribution is 2.51. The van der Waals surface area contributed by atoms with E-state index in [0.717, 1.165) is 0 Å². The minimum Gasteiger partial charge on any atom is -0.370 e. The van der Waals surface area contributed by atoms with Crippen LogP contribution in [0, 0.1) is 0 Å². The molecule has 1 rings (SSSR count). The van der Waals surface area contributed by atoms with Gasteiger partial charge in [-0.2, -0.15) is 26.3 Å². The summed E-state index contributed by atoms with van der Waals surface area (Å²) in [6, 6.07) is 0. The van der Waals surface area contributed by atoms with Gasteiger partial charge >= 0.3 is 24.2 Å². The van der Waals surface area contributed by atoms with E-state index in [2.05, 4.69) is 4.74 Å². The molecule has 1 fully saturated rings. The Morgan fingerprint density at radius 1 is 0.882 bits per heavy atom. The van der Waals surface area contributed by atoms with Crippen LogP contribution in [-0.4, -0.2) is 43.1 Å². The zero-order valence-electron chi connectivity index (χ0n) is 7.75. The number of alkyl halides is 9. The van der Waals surface area contributed by atoms with Crippen molar-refractivity contribution >= 4 is 0 Å². The van der Waals surface area contributed by atoms with Gasteiger partial charge in [0.15, 0.2) is 6.17 Å². The van der Waals surface area contributed by atoms with Crippen LogP contribution in [0.1, 0.15) is 0 Å². The van der Waals surface area contributed by atoms with Gasteiger partial charge in [0, 0.05) is 0 Å². The Hall–Kier alpha value is -0.670. The van der Waals surface area contributed by atoms with Crippen LogP contribution in [0.2, 0.25) is 0 Å². The maximum Gasteiger partial charge on any atom is 0.380 e. The number of ether oxygens (including phenoxy) is 1. The first kappa shape index (κ1) is 14.4. The molecule has 1 nitrogen and oxygen atoms in total. The van der Waals surface area contributed by atoms with Gasteiger partial charge in [-0.25, -0.2) is 13.2 Å². The second kappa shape index (κ2) is 3.92. The number of hydrogen-bond donors (Lipinski definition) is 0. The van der Waals surface area contributed by atoms with Gasteiger partial charge in [0.2, 0.25) is 0 Å². The Morgan fingerprint density at radius 3 is 1.59 bits per heavy atom. The third-order valence-corrected chi connectivity index (χ3v) is 2.14. The molecule has 17 heavy (non-hydrogen) atoms. The number of epoxide rings is 1. The summed E-state index contributed by atoms with van der Waals surface area (Å²) in [5, 5.41) is 0. The first-order valence-corrected chi connectivity index (χ1v) is 4.13. The van der Waals surface area contributed by atoms with Crippen molar-refractivity contribution in [2.45, 2.75) is 36.5 Å². The highest BCUT2D eigenvalue weighted by Gasteiger charge is 2.79. The van der Waals surface area contributed by atoms with E-state index in [0.29, 0.717) is 0 Å². The summed E-state index contributed by atoms with van der Waals surface area (Å²) < 4.78 is 115. The summed E-state index contributed by atoms with van der Waals surface area (Å²) in [6.45, 7) is -0.660. The van der Waals surface area contributed by atoms with Crippen LogP contribution in [0.4, 0.5) is 39.5 Å². The van der Waals surface area contributed by atoms with Crippen molar-refractivity contribution in [3.05, 3.63) is 0 Å². The van der Waals surface area contributed by atoms with E-state index in [1.807, 2.05) is 0 Å². The summed E-state index contributed by atoms with van der Waals surface area (Å²) in [5.41, 5.74) is 0. The molecule has 0 aromatic heterocycles. The lowest BCUT2D eigenvalue weighted by atomic mass is 9.99. The molecule has 10 heteroatoms. The van der Waals surface area contributed by atoms with Gasteiger partial charge < -0.3 is 4.74 Å². The van der Waals surface area contributed by atoms with E-state index in [1.54, 1.807) is 0 Å². The topological polar surface area (TPSA) is 12.5 Å². The fourth-order valence-corrected chi connectivity index (χ4v) is 0.990. The van der Waals surface area contributed by atoms with Gasteiger partial charge in [-0.15, -0.1) is 0 Å². The molecule has 2 atom stereocenters. The molecule has 1 saturated heterocycles. The lowest BCUT2D eigenvalue weighted by molar-refractivity contribution is -0.351. The quantitative estimate of drug-likeness (QED) is 0.555. The van der Waals surface area contributed by atoms with Crippen molar-refractivity contribution in [2.75, 3.05) is 6.61 Å². The molecule has 1 aliphatic rings. The van der Waals surface area contributed by atoms with Crippen LogP contribution in [0.3, 0.4) is 0 Å². The zero-order chi connectivity index (χ0) is 13.6. The molecule has 1 heterocycles. The fourth-order valence-electron chi connectivity index (χ4n) is 0.990. The Morgan fingerprint density at radius 2 is 1.29 bits per heavy atom. The Labute approximate surface area is 88.5 Å². The summed E-state index contributed by atoms with van der Waals surface area (Å²) in [5.74, 6) is -18.8. The predicted octanol–water partition coefficient (Wildman–Crippen LogP) is 2.89. The molecule has 0 bridgehead atoms. The maximum absolute atomic E-state index is 12.7. The van der Waals surface area contributed by atoms with Gasteiger partial charge in [0.1, 0.15) is 6.10 Å². The molecule has 0 radical (unpaired) electrons. The van der Waals surface area contributed by atoms with E-state index in [9.17, 15) is 39.5 Å². The van der Waals surface area contributed by atoms with Crippen LogP contribution in [0.5, 0.6) is 0 Å². The first-order valence-electron chi connectivity index (χ1n) is 4.13. The lowest BCUT2D eigenvalue weighted by Gasteiger charge is -2.33. The zero-order valence-corrected chi connectivity index (χ0v) is 7.75. The number of hydrogen-bond acceptors (Lipinski definition) is 1. The Kier molecular flexibility index (Phi) is 3.32. The highest BCUT2D eigenvalue weighted by molar-refractivity contribution is 5.04. The molecule has 0 amide bonds.